The molecule has 1 atom stereocenters. The van der Waals surface area contributed by atoms with E-state index in [1.807, 2.05) is 12.1 Å². The zero-order valence-corrected chi connectivity index (χ0v) is 9.44. The van der Waals surface area contributed by atoms with Gasteiger partial charge in [0.25, 0.3) is 0 Å². The minimum Gasteiger partial charge on any atom is -0.392 e. The Morgan fingerprint density at radius 1 is 1.29 bits per heavy atom. The lowest BCUT2D eigenvalue weighted by Gasteiger charge is -2.07. The van der Waals surface area contributed by atoms with Crippen LogP contribution in [0.25, 0.3) is 0 Å². The molecule has 78 valence electrons. The Morgan fingerprint density at radius 2 is 1.86 bits per heavy atom. The summed E-state index contributed by atoms with van der Waals surface area (Å²) in [4.78, 5) is 0. The maximum Gasteiger partial charge on any atom is 0.0636 e. The predicted octanol–water partition coefficient (Wildman–Crippen LogP) is 2.46. The summed E-state index contributed by atoms with van der Waals surface area (Å²) in [7, 11) is 0. The van der Waals surface area contributed by atoms with Gasteiger partial charge in [0.1, 0.15) is 0 Å². The first-order chi connectivity index (χ1) is 6.58. The molecule has 0 aliphatic heterocycles. The quantitative estimate of drug-likeness (QED) is 0.838. The first-order valence-corrected chi connectivity index (χ1v) is 5.17. The molecule has 0 aromatic heterocycles. The molecule has 0 saturated carbocycles. The summed E-state index contributed by atoms with van der Waals surface area (Å²) in [5, 5.41) is 13.4. The van der Waals surface area contributed by atoms with Gasteiger partial charge in [0.05, 0.1) is 6.10 Å². The average molecular weight is 234 g/mol. The van der Waals surface area contributed by atoms with E-state index in [9.17, 15) is 0 Å². The Kier molecular flexibility index (Phi) is 4.69. The second-order valence-electron chi connectivity index (χ2n) is 3.26. The monoisotopic (exact) mass is 233 g/mol. The number of halogens is 2. The van der Waals surface area contributed by atoms with Crippen molar-refractivity contribution in [3.05, 3.63) is 33.8 Å². The highest BCUT2D eigenvalue weighted by Gasteiger charge is 1.99. The van der Waals surface area contributed by atoms with E-state index in [4.69, 9.17) is 28.3 Å². The Labute approximate surface area is 93.8 Å². The molecule has 2 nitrogen and oxygen atoms in total. The van der Waals surface area contributed by atoms with Crippen molar-refractivity contribution in [2.24, 2.45) is 0 Å². The molecule has 14 heavy (non-hydrogen) atoms. The third-order valence-corrected chi connectivity index (χ3v) is 2.13. The second-order valence-corrected chi connectivity index (χ2v) is 4.13. The third kappa shape index (κ3) is 4.29. The highest BCUT2D eigenvalue weighted by Crippen LogP contribution is 2.18. The molecule has 1 rings (SSSR count). The van der Waals surface area contributed by atoms with Crippen LogP contribution >= 0.6 is 23.2 Å². The van der Waals surface area contributed by atoms with E-state index in [0.717, 1.165) is 5.56 Å². The highest BCUT2D eigenvalue weighted by atomic mass is 35.5. The van der Waals surface area contributed by atoms with Crippen LogP contribution in [0.3, 0.4) is 0 Å². The molecule has 4 heteroatoms. The topological polar surface area (TPSA) is 32.3 Å². The first-order valence-electron chi connectivity index (χ1n) is 4.41. The van der Waals surface area contributed by atoms with Crippen LogP contribution < -0.4 is 5.32 Å². The van der Waals surface area contributed by atoms with Gasteiger partial charge in [-0.2, -0.15) is 0 Å². The van der Waals surface area contributed by atoms with Crippen LogP contribution in [0.4, 0.5) is 0 Å². The molecular formula is C10H13Cl2NO. The summed E-state index contributed by atoms with van der Waals surface area (Å²) in [5.74, 6) is 0. The van der Waals surface area contributed by atoms with Crippen LogP contribution in [0.5, 0.6) is 0 Å². The molecule has 0 amide bonds. The van der Waals surface area contributed by atoms with E-state index in [0.29, 0.717) is 23.1 Å². The van der Waals surface area contributed by atoms with Gasteiger partial charge in [-0.05, 0) is 30.7 Å². The lowest BCUT2D eigenvalue weighted by molar-refractivity contribution is 0.191. The van der Waals surface area contributed by atoms with Gasteiger partial charge in [-0.25, -0.2) is 0 Å². The summed E-state index contributed by atoms with van der Waals surface area (Å²) in [6, 6.07) is 5.40. The number of aliphatic hydroxyl groups excluding tert-OH is 1. The maximum absolute atomic E-state index is 9.02. The molecule has 0 spiro atoms. The van der Waals surface area contributed by atoms with E-state index >= 15 is 0 Å². The van der Waals surface area contributed by atoms with Crippen LogP contribution in [-0.2, 0) is 6.54 Å². The molecule has 0 bridgehead atoms. The maximum atomic E-state index is 9.02. The fraction of sp³-hybridized carbons (Fsp3) is 0.400. The SMILES string of the molecule is C[C@H](O)CNCc1cc(Cl)cc(Cl)c1. The molecule has 0 fully saturated rings. The number of nitrogens with one attached hydrogen (secondary N) is 1. The van der Waals surface area contributed by atoms with Crippen LogP contribution in [0.2, 0.25) is 10.0 Å². The molecular weight excluding hydrogens is 221 g/mol. The fourth-order valence-corrected chi connectivity index (χ4v) is 1.71. The highest BCUT2D eigenvalue weighted by molar-refractivity contribution is 6.34. The molecule has 0 unspecified atom stereocenters. The molecule has 0 saturated heterocycles. The molecule has 0 radical (unpaired) electrons. The zero-order chi connectivity index (χ0) is 10.6. The van der Waals surface area contributed by atoms with E-state index in [1.165, 1.54) is 0 Å². The standard InChI is InChI=1S/C10H13Cl2NO/c1-7(14)5-13-6-8-2-9(11)4-10(12)3-8/h2-4,7,13-14H,5-6H2,1H3/t7-/m0/s1. The van der Waals surface area contributed by atoms with E-state index in [2.05, 4.69) is 5.32 Å². The van der Waals surface area contributed by atoms with Crippen molar-refractivity contribution in [2.45, 2.75) is 19.6 Å². The normalized spacial score (nSPS) is 12.9. The number of hydrogen-bond donors (Lipinski definition) is 2. The number of rotatable bonds is 4. The van der Waals surface area contributed by atoms with E-state index < -0.39 is 0 Å². The summed E-state index contributed by atoms with van der Waals surface area (Å²) >= 11 is 11.7. The van der Waals surface area contributed by atoms with Crippen molar-refractivity contribution >= 4 is 23.2 Å². The molecule has 1 aromatic carbocycles. The average Bonchev–Trinajstić information content (AvgIpc) is 2.01. The summed E-state index contributed by atoms with van der Waals surface area (Å²) in [5.41, 5.74) is 1.02. The van der Waals surface area contributed by atoms with Crippen LogP contribution in [0.15, 0.2) is 18.2 Å². The Balaban J connectivity index is 2.50. The molecule has 0 aliphatic rings. The van der Waals surface area contributed by atoms with Gasteiger partial charge in [-0.15, -0.1) is 0 Å². The third-order valence-electron chi connectivity index (χ3n) is 1.69. The summed E-state index contributed by atoms with van der Waals surface area (Å²) in [6.45, 7) is 2.95. The van der Waals surface area contributed by atoms with Crippen molar-refractivity contribution < 1.29 is 5.11 Å². The minimum atomic E-state index is -0.343. The van der Waals surface area contributed by atoms with Gasteiger partial charge in [0.2, 0.25) is 0 Å². The Morgan fingerprint density at radius 3 is 2.36 bits per heavy atom. The van der Waals surface area contributed by atoms with Crippen LogP contribution in [0.1, 0.15) is 12.5 Å². The van der Waals surface area contributed by atoms with Crippen LogP contribution in [-0.4, -0.2) is 17.8 Å². The van der Waals surface area contributed by atoms with Gasteiger partial charge in [-0.1, -0.05) is 23.2 Å². The first kappa shape index (κ1) is 11.8. The lowest BCUT2D eigenvalue weighted by atomic mass is 10.2. The minimum absolute atomic E-state index is 0.343. The van der Waals surface area contributed by atoms with Crippen molar-refractivity contribution in [1.82, 2.24) is 5.32 Å². The molecule has 2 N–H and O–H groups in total. The Hall–Kier alpha value is -0.280. The fourth-order valence-electron chi connectivity index (χ4n) is 1.14. The smallest absolute Gasteiger partial charge is 0.0636 e. The van der Waals surface area contributed by atoms with Gasteiger partial charge < -0.3 is 10.4 Å². The van der Waals surface area contributed by atoms with Gasteiger partial charge >= 0.3 is 0 Å². The van der Waals surface area contributed by atoms with E-state index in [1.54, 1.807) is 13.0 Å². The summed E-state index contributed by atoms with van der Waals surface area (Å²) in [6.07, 6.45) is -0.343. The molecule has 1 aromatic rings. The predicted molar refractivity (Wildman–Crippen MR) is 59.8 cm³/mol. The van der Waals surface area contributed by atoms with E-state index in [-0.39, 0.29) is 6.10 Å². The largest absolute Gasteiger partial charge is 0.392 e. The van der Waals surface area contributed by atoms with Gasteiger partial charge in [0.15, 0.2) is 0 Å². The van der Waals surface area contributed by atoms with Crippen molar-refractivity contribution in [2.75, 3.05) is 6.54 Å². The molecule has 0 heterocycles. The summed E-state index contributed by atoms with van der Waals surface area (Å²) < 4.78 is 0. The number of hydrogen-bond acceptors (Lipinski definition) is 2. The zero-order valence-electron chi connectivity index (χ0n) is 7.93. The van der Waals surface area contributed by atoms with Gasteiger partial charge in [0, 0.05) is 23.1 Å². The number of benzene rings is 1. The van der Waals surface area contributed by atoms with Crippen molar-refractivity contribution in [3.63, 3.8) is 0 Å². The Bertz CT molecular complexity index is 282. The lowest BCUT2D eigenvalue weighted by Crippen LogP contribution is -2.23. The number of aliphatic hydroxyl groups is 1. The van der Waals surface area contributed by atoms with Gasteiger partial charge in [-0.3, -0.25) is 0 Å². The molecule has 0 aliphatic carbocycles. The second kappa shape index (κ2) is 5.56. The van der Waals surface area contributed by atoms with Crippen molar-refractivity contribution in [3.8, 4) is 0 Å². The van der Waals surface area contributed by atoms with Crippen molar-refractivity contribution in [1.29, 1.82) is 0 Å². The van der Waals surface area contributed by atoms with Crippen LogP contribution in [0, 0.1) is 0 Å².